The molecule has 0 atom stereocenters. The summed E-state index contributed by atoms with van der Waals surface area (Å²) >= 11 is 0. The van der Waals surface area contributed by atoms with E-state index in [1.807, 2.05) is 0 Å². The van der Waals surface area contributed by atoms with Gasteiger partial charge in [0.25, 0.3) is 11.8 Å². The number of carboxylic acids is 2. The summed E-state index contributed by atoms with van der Waals surface area (Å²) in [5.74, 6) is -3.92. The van der Waals surface area contributed by atoms with Crippen molar-refractivity contribution >= 4 is 34.5 Å². The van der Waals surface area contributed by atoms with E-state index in [1.165, 1.54) is 0 Å². The van der Waals surface area contributed by atoms with E-state index in [-0.39, 0.29) is 72.2 Å². The Morgan fingerprint density at radius 2 is 1.32 bits per heavy atom. The molecule has 8 nitrogen and oxygen atoms in total. The van der Waals surface area contributed by atoms with Gasteiger partial charge in [-0.25, -0.2) is 0 Å². The van der Waals surface area contributed by atoms with Crippen LogP contribution in [0.1, 0.15) is 20.7 Å². The summed E-state index contributed by atoms with van der Waals surface area (Å²) in [6.45, 7) is -1.56. The molecule has 1 heterocycles. The van der Waals surface area contributed by atoms with Gasteiger partial charge < -0.3 is 19.8 Å². The average molecular weight is 400 g/mol. The molecule has 0 bridgehead atoms. The van der Waals surface area contributed by atoms with Gasteiger partial charge in [-0.05, 0) is 17.5 Å². The minimum absolute atomic E-state index is 0. The number of nitrogens with zero attached hydrogens (tertiary/aromatic N) is 2. The van der Waals surface area contributed by atoms with Crippen LogP contribution in [0.4, 0.5) is 0 Å². The molecule has 0 fully saturated rings. The van der Waals surface area contributed by atoms with Gasteiger partial charge in [-0.2, -0.15) is 0 Å². The number of carbonyl (C=O) groups excluding carboxylic acids is 4. The Kier molecular flexibility index (Phi) is 9.29. The maximum absolute atomic E-state index is 12.7. The fourth-order valence-corrected chi connectivity index (χ4v) is 3.10. The number of carbonyl (C=O) groups is 4. The molecule has 0 aliphatic carbocycles. The van der Waals surface area contributed by atoms with E-state index >= 15 is 0 Å². The normalized spacial score (nSPS) is 12.5. The predicted molar refractivity (Wildman–Crippen MR) is 85.8 cm³/mol. The number of rotatable bonds is 7. The Morgan fingerprint density at radius 3 is 1.75 bits per heavy atom. The van der Waals surface area contributed by atoms with E-state index in [0.717, 1.165) is 15.2 Å². The topological polar surface area (TPSA) is 121 Å². The van der Waals surface area contributed by atoms with Crippen molar-refractivity contribution < 1.29 is 88.5 Å². The zero-order chi connectivity index (χ0) is 18.8. The third-order valence-electron chi connectivity index (χ3n) is 4.20. The van der Waals surface area contributed by atoms with Gasteiger partial charge in [-0.15, -0.1) is 0 Å². The van der Waals surface area contributed by atoms with E-state index in [1.54, 1.807) is 36.4 Å². The minimum atomic E-state index is -1.46. The summed E-state index contributed by atoms with van der Waals surface area (Å²) in [4.78, 5) is 48.9. The largest absolute Gasteiger partial charge is 1.00 e. The van der Waals surface area contributed by atoms with Crippen LogP contribution < -0.4 is 69.3 Å². The van der Waals surface area contributed by atoms with Crippen molar-refractivity contribution in [2.75, 3.05) is 26.2 Å². The van der Waals surface area contributed by atoms with Gasteiger partial charge in [-0.1, -0.05) is 24.3 Å². The molecule has 0 saturated heterocycles. The van der Waals surface area contributed by atoms with Gasteiger partial charge >= 0.3 is 59.1 Å². The third-order valence-corrected chi connectivity index (χ3v) is 4.20. The first-order chi connectivity index (χ1) is 12.4. The van der Waals surface area contributed by atoms with Gasteiger partial charge in [0.2, 0.25) is 0 Å². The molecule has 1 aliphatic rings. The first-order valence-electron chi connectivity index (χ1n) is 7.88. The molecule has 134 valence electrons. The van der Waals surface area contributed by atoms with Crippen molar-refractivity contribution in [3.8, 4) is 0 Å². The van der Waals surface area contributed by atoms with Crippen LogP contribution in [0.2, 0.25) is 0 Å². The van der Waals surface area contributed by atoms with E-state index < -0.39 is 36.8 Å². The van der Waals surface area contributed by atoms with Gasteiger partial charge in [0.1, 0.15) is 0 Å². The van der Waals surface area contributed by atoms with Crippen molar-refractivity contribution in [1.29, 1.82) is 0 Å². The second-order valence-electron chi connectivity index (χ2n) is 5.93. The van der Waals surface area contributed by atoms with Crippen molar-refractivity contribution in [2.24, 2.45) is 0 Å². The second-order valence-corrected chi connectivity index (χ2v) is 5.93. The summed E-state index contributed by atoms with van der Waals surface area (Å²) < 4.78 is 0. The van der Waals surface area contributed by atoms with Crippen LogP contribution in [-0.4, -0.2) is 59.7 Å². The number of carboxylic acid groups (broad SMARTS) is 2. The first-order valence-corrected chi connectivity index (χ1v) is 7.88. The standard InChI is InChI=1S/C18H16N2O6.2Na/c21-14(22)9-19(10-15(23)24)7-8-20-17(25)12-5-1-3-11-4-2-6-13(16(11)12)18(20)26;;/h1-6H,7-10H2,(H,21,22)(H,23,24);;/q;2*+1/p-2. The Morgan fingerprint density at radius 1 is 0.857 bits per heavy atom. The zero-order valence-electron chi connectivity index (χ0n) is 15.6. The van der Waals surface area contributed by atoms with E-state index in [0.29, 0.717) is 16.5 Å². The maximum atomic E-state index is 12.7. The molecular weight excluding hydrogens is 386 g/mol. The SMILES string of the molecule is O=C([O-])CN(CCN1C(=O)c2cccc3cccc(c23)C1=O)CC(=O)[O-].[Na+].[Na+]. The number of benzene rings is 2. The second kappa shape index (κ2) is 10.5. The minimum Gasteiger partial charge on any atom is -0.549 e. The summed E-state index contributed by atoms with van der Waals surface area (Å²) in [7, 11) is 0. The molecule has 2 aromatic rings. The van der Waals surface area contributed by atoms with Crippen molar-refractivity contribution in [1.82, 2.24) is 9.80 Å². The van der Waals surface area contributed by atoms with Crippen LogP contribution in [-0.2, 0) is 9.59 Å². The molecule has 0 spiro atoms. The molecule has 1 aliphatic heterocycles. The van der Waals surface area contributed by atoms with Crippen LogP contribution in [0.15, 0.2) is 36.4 Å². The first kappa shape index (κ1) is 24.8. The molecule has 2 amide bonds. The summed E-state index contributed by atoms with van der Waals surface area (Å²) in [5, 5.41) is 22.9. The molecular formula is C18H14N2Na2O6. The van der Waals surface area contributed by atoms with E-state index in [2.05, 4.69) is 0 Å². The smallest absolute Gasteiger partial charge is 0.549 e. The Bertz CT molecular complexity index is 867. The van der Waals surface area contributed by atoms with Crippen LogP contribution in [0, 0.1) is 0 Å². The Hall–Kier alpha value is -1.26. The van der Waals surface area contributed by atoms with Gasteiger partial charge in [0.05, 0.1) is 11.9 Å². The summed E-state index contributed by atoms with van der Waals surface area (Å²) in [5.41, 5.74) is 0.758. The quantitative estimate of drug-likeness (QED) is 0.334. The molecule has 0 aromatic heterocycles. The van der Waals surface area contributed by atoms with Crippen molar-refractivity contribution in [3.05, 3.63) is 47.5 Å². The van der Waals surface area contributed by atoms with E-state index in [9.17, 15) is 29.4 Å². The number of aliphatic carboxylic acids is 2. The fraction of sp³-hybridized carbons (Fsp3) is 0.222. The zero-order valence-corrected chi connectivity index (χ0v) is 19.6. The van der Waals surface area contributed by atoms with Crippen LogP contribution in [0.5, 0.6) is 0 Å². The average Bonchev–Trinajstić information content (AvgIpc) is 2.58. The number of amides is 2. The Balaban J connectivity index is 0.00000196. The van der Waals surface area contributed by atoms with E-state index in [4.69, 9.17) is 0 Å². The molecule has 0 unspecified atom stereocenters. The molecule has 10 heteroatoms. The van der Waals surface area contributed by atoms with Crippen molar-refractivity contribution in [2.45, 2.75) is 0 Å². The molecule has 0 radical (unpaired) electrons. The number of imide groups is 1. The molecule has 0 N–H and O–H groups in total. The third kappa shape index (κ3) is 5.21. The van der Waals surface area contributed by atoms with Crippen LogP contribution in [0.3, 0.4) is 0 Å². The summed E-state index contributed by atoms with van der Waals surface area (Å²) in [6, 6.07) is 10.3. The van der Waals surface area contributed by atoms with Crippen molar-refractivity contribution in [3.63, 3.8) is 0 Å². The maximum Gasteiger partial charge on any atom is 1.00 e. The van der Waals surface area contributed by atoms with Gasteiger partial charge in [0.15, 0.2) is 0 Å². The predicted octanol–water partition coefficient (Wildman–Crippen LogP) is -7.75. The fourth-order valence-electron chi connectivity index (χ4n) is 3.10. The number of hydrogen-bond acceptors (Lipinski definition) is 7. The monoisotopic (exact) mass is 400 g/mol. The summed E-state index contributed by atoms with van der Waals surface area (Å²) in [6.07, 6.45) is 0. The van der Waals surface area contributed by atoms with Crippen LogP contribution >= 0.6 is 0 Å². The molecule has 28 heavy (non-hydrogen) atoms. The number of hydrogen-bond donors (Lipinski definition) is 0. The molecule has 3 rings (SSSR count). The Labute approximate surface area is 205 Å². The molecule has 0 saturated carbocycles. The van der Waals surface area contributed by atoms with Crippen LogP contribution in [0.25, 0.3) is 10.8 Å². The van der Waals surface area contributed by atoms with Gasteiger partial charge in [0, 0.05) is 42.7 Å². The molecule has 2 aromatic carbocycles. The van der Waals surface area contributed by atoms with Gasteiger partial charge in [-0.3, -0.25) is 19.4 Å².